The van der Waals surface area contributed by atoms with Crippen LogP contribution in [0.1, 0.15) is 41.6 Å². The molecular weight excluding hydrogens is 394 g/mol. The van der Waals surface area contributed by atoms with E-state index in [0.29, 0.717) is 16.1 Å². The van der Waals surface area contributed by atoms with Crippen molar-refractivity contribution < 1.29 is 13.6 Å². The van der Waals surface area contributed by atoms with Crippen molar-refractivity contribution in [2.24, 2.45) is 5.73 Å². The Hall–Kier alpha value is -2.58. The summed E-state index contributed by atoms with van der Waals surface area (Å²) < 4.78 is 29.7. The van der Waals surface area contributed by atoms with Crippen LogP contribution >= 0.6 is 11.3 Å². The summed E-state index contributed by atoms with van der Waals surface area (Å²) in [5.41, 5.74) is 7.21. The predicted octanol–water partition coefficient (Wildman–Crippen LogP) is 4.17. The van der Waals surface area contributed by atoms with Gasteiger partial charge in [0.2, 0.25) is 0 Å². The Labute approximate surface area is 170 Å². The second kappa shape index (κ2) is 7.03. The van der Waals surface area contributed by atoms with Crippen molar-refractivity contribution in [1.82, 2.24) is 10.3 Å². The second-order valence-corrected chi connectivity index (χ2v) is 8.73. The van der Waals surface area contributed by atoms with Crippen molar-refractivity contribution in [3.63, 3.8) is 0 Å². The second-order valence-electron chi connectivity index (χ2n) is 7.65. The Balaban J connectivity index is 1.63. The number of thiophene rings is 1. The van der Waals surface area contributed by atoms with Gasteiger partial charge in [0.1, 0.15) is 5.82 Å². The third-order valence-electron chi connectivity index (χ3n) is 5.74. The van der Waals surface area contributed by atoms with Crippen LogP contribution in [0.4, 0.5) is 14.6 Å². The van der Waals surface area contributed by atoms with Gasteiger partial charge >= 0.3 is 0 Å². The van der Waals surface area contributed by atoms with Gasteiger partial charge in [-0.3, -0.25) is 4.79 Å². The lowest BCUT2D eigenvalue weighted by molar-refractivity contribution is 0.0966. The first-order valence-electron chi connectivity index (χ1n) is 9.73. The predicted molar refractivity (Wildman–Crippen MR) is 110 cm³/mol. The molecule has 1 aromatic carbocycles. The molecule has 4 N–H and O–H groups in total. The van der Waals surface area contributed by atoms with Gasteiger partial charge in [0.15, 0.2) is 11.6 Å². The molecule has 1 fully saturated rings. The molecule has 5 nitrogen and oxygen atoms in total. The van der Waals surface area contributed by atoms with Gasteiger partial charge in [-0.15, -0.1) is 11.3 Å². The number of rotatable bonds is 3. The van der Waals surface area contributed by atoms with Crippen LogP contribution < -0.4 is 16.4 Å². The zero-order chi connectivity index (χ0) is 20.1. The van der Waals surface area contributed by atoms with E-state index < -0.39 is 5.82 Å². The van der Waals surface area contributed by atoms with Crippen molar-refractivity contribution >= 4 is 33.1 Å². The van der Waals surface area contributed by atoms with Crippen molar-refractivity contribution in [2.75, 3.05) is 5.32 Å². The van der Waals surface area contributed by atoms with E-state index in [1.807, 2.05) is 0 Å². The number of nitrogens with one attached hydrogen (secondary N) is 2. The molecule has 0 unspecified atom stereocenters. The minimum absolute atomic E-state index is 0.0572. The van der Waals surface area contributed by atoms with Gasteiger partial charge in [-0.1, -0.05) is 12.8 Å². The molecule has 3 aromatic rings. The fraction of sp³-hybridized carbons (Fsp3) is 0.333. The molecular formula is C21H20F2N4OS. The van der Waals surface area contributed by atoms with Gasteiger partial charge in [-0.05, 0) is 42.5 Å². The summed E-state index contributed by atoms with van der Waals surface area (Å²) in [6.07, 6.45) is 3.85. The third-order valence-corrected chi connectivity index (χ3v) is 6.86. The number of hydrogen-bond acceptors (Lipinski definition) is 5. The molecule has 0 spiro atoms. The molecule has 3 heterocycles. The van der Waals surface area contributed by atoms with Crippen LogP contribution in [0.25, 0.3) is 20.7 Å². The average Bonchev–Trinajstić information content (AvgIpc) is 3.29. The van der Waals surface area contributed by atoms with Crippen LogP contribution in [0.3, 0.4) is 0 Å². The SMILES string of the molecule is N[C@H]1CCCC[C@H]1Nc1nc(-c2cc3cc(F)ccc3s2)c2c(c1F)CNC2=O. The van der Waals surface area contributed by atoms with Crippen LogP contribution in [-0.2, 0) is 6.54 Å². The maximum absolute atomic E-state index is 15.2. The maximum Gasteiger partial charge on any atom is 0.254 e. The number of carbonyl (C=O) groups excluding carboxylic acids is 1. The van der Waals surface area contributed by atoms with E-state index in [4.69, 9.17) is 5.73 Å². The molecule has 8 heteroatoms. The Morgan fingerprint density at radius 3 is 2.86 bits per heavy atom. The van der Waals surface area contributed by atoms with E-state index >= 15 is 4.39 Å². The molecule has 2 atom stereocenters. The average molecular weight is 414 g/mol. The molecule has 1 aliphatic carbocycles. The molecule has 0 saturated heterocycles. The maximum atomic E-state index is 15.2. The van der Waals surface area contributed by atoms with E-state index in [1.165, 1.54) is 23.5 Å². The van der Waals surface area contributed by atoms with Crippen LogP contribution in [-0.4, -0.2) is 23.0 Å². The van der Waals surface area contributed by atoms with Crippen molar-refractivity contribution in [2.45, 2.75) is 44.3 Å². The van der Waals surface area contributed by atoms with Crippen molar-refractivity contribution in [1.29, 1.82) is 0 Å². The summed E-state index contributed by atoms with van der Waals surface area (Å²) in [6.45, 7) is 0.125. The van der Waals surface area contributed by atoms with Crippen LogP contribution in [0, 0.1) is 11.6 Å². The zero-order valence-corrected chi connectivity index (χ0v) is 16.4. The van der Waals surface area contributed by atoms with Crippen molar-refractivity contribution in [3.8, 4) is 10.6 Å². The van der Waals surface area contributed by atoms with E-state index in [0.717, 1.165) is 35.8 Å². The topological polar surface area (TPSA) is 80.0 Å². The normalized spacial score (nSPS) is 21.3. The number of anilines is 1. The Morgan fingerprint density at radius 2 is 2.03 bits per heavy atom. The highest BCUT2D eigenvalue weighted by atomic mass is 32.1. The van der Waals surface area contributed by atoms with Gasteiger partial charge in [0, 0.05) is 28.9 Å². The van der Waals surface area contributed by atoms with E-state index in [9.17, 15) is 9.18 Å². The molecule has 1 amide bonds. The number of nitrogens with zero attached hydrogens (tertiary/aromatic N) is 1. The Kier molecular flexibility index (Phi) is 4.48. The fourth-order valence-corrected chi connectivity index (χ4v) is 5.24. The minimum Gasteiger partial charge on any atom is -0.363 e. The van der Waals surface area contributed by atoms with Crippen LogP contribution in [0.5, 0.6) is 0 Å². The Bertz CT molecular complexity index is 1130. The Morgan fingerprint density at radius 1 is 1.21 bits per heavy atom. The number of fused-ring (bicyclic) bond motifs is 2. The lowest BCUT2D eigenvalue weighted by atomic mass is 9.91. The van der Waals surface area contributed by atoms with Crippen molar-refractivity contribution in [3.05, 3.63) is 47.0 Å². The summed E-state index contributed by atoms with van der Waals surface area (Å²) >= 11 is 1.40. The van der Waals surface area contributed by atoms with Gasteiger partial charge < -0.3 is 16.4 Å². The number of benzene rings is 1. The quantitative estimate of drug-likeness (QED) is 0.601. The van der Waals surface area contributed by atoms with Gasteiger partial charge in [-0.25, -0.2) is 13.8 Å². The minimum atomic E-state index is -0.507. The number of hydrogen-bond donors (Lipinski definition) is 3. The number of aromatic nitrogens is 1. The summed E-state index contributed by atoms with van der Waals surface area (Å²) in [7, 11) is 0. The number of nitrogens with two attached hydrogens (primary N) is 1. The number of pyridine rings is 1. The first-order chi connectivity index (χ1) is 14.0. The number of carbonyl (C=O) groups is 1. The lowest BCUT2D eigenvalue weighted by Crippen LogP contribution is -2.43. The molecule has 150 valence electrons. The highest BCUT2D eigenvalue weighted by molar-refractivity contribution is 7.22. The summed E-state index contributed by atoms with van der Waals surface area (Å²) in [6, 6.07) is 6.22. The molecule has 2 aromatic heterocycles. The summed E-state index contributed by atoms with van der Waals surface area (Å²) in [5.74, 6) is -1.05. The van der Waals surface area contributed by atoms with Gasteiger partial charge in [-0.2, -0.15) is 0 Å². The molecule has 0 radical (unpaired) electrons. The van der Waals surface area contributed by atoms with Gasteiger partial charge in [0.25, 0.3) is 5.91 Å². The first kappa shape index (κ1) is 18.4. The summed E-state index contributed by atoms with van der Waals surface area (Å²) in [4.78, 5) is 17.6. The first-order valence-corrected chi connectivity index (χ1v) is 10.5. The smallest absolute Gasteiger partial charge is 0.254 e. The standard InChI is InChI=1S/C21H20F2N4OS/c22-11-5-6-15-10(7-11)8-16(29-15)19-17-12(9-25-21(17)28)18(23)20(27-19)26-14-4-2-1-3-13(14)24/h5-8,13-14H,1-4,9,24H2,(H,25,28)(H,26,27)/t13-,14+/m0/s1. The monoisotopic (exact) mass is 414 g/mol. The number of amides is 1. The number of halogens is 2. The molecule has 2 aliphatic rings. The highest BCUT2D eigenvalue weighted by Gasteiger charge is 2.32. The third kappa shape index (κ3) is 3.16. The van der Waals surface area contributed by atoms with Gasteiger partial charge in [0.05, 0.1) is 16.1 Å². The molecule has 1 aliphatic heterocycles. The molecule has 29 heavy (non-hydrogen) atoms. The fourth-order valence-electron chi connectivity index (χ4n) is 4.20. The highest BCUT2D eigenvalue weighted by Crippen LogP contribution is 2.39. The molecule has 1 saturated carbocycles. The van der Waals surface area contributed by atoms with Crippen LogP contribution in [0.2, 0.25) is 0 Å². The lowest BCUT2D eigenvalue weighted by Gasteiger charge is -2.30. The van der Waals surface area contributed by atoms with E-state index in [1.54, 1.807) is 12.1 Å². The van der Waals surface area contributed by atoms with E-state index in [2.05, 4.69) is 15.6 Å². The van der Waals surface area contributed by atoms with Crippen LogP contribution in [0.15, 0.2) is 24.3 Å². The van der Waals surface area contributed by atoms with E-state index in [-0.39, 0.29) is 41.7 Å². The summed E-state index contributed by atoms with van der Waals surface area (Å²) in [5, 5.41) is 6.61. The largest absolute Gasteiger partial charge is 0.363 e. The molecule has 5 rings (SSSR count). The zero-order valence-electron chi connectivity index (χ0n) is 15.6. The molecule has 0 bridgehead atoms.